The number of hydrazine groups is 1. The molecule has 0 aliphatic rings. The molecule has 3 N–H and O–H groups in total. The summed E-state index contributed by atoms with van der Waals surface area (Å²) in [6, 6.07) is -0.440. The van der Waals surface area contributed by atoms with Gasteiger partial charge in [-0.05, 0) is 11.8 Å². The van der Waals surface area contributed by atoms with E-state index in [1.165, 1.54) is 6.92 Å². The van der Waals surface area contributed by atoms with Crippen LogP contribution >= 0.6 is 0 Å². The molecule has 5 nitrogen and oxygen atoms in total. The lowest BCUT2D eigenvalue weighted by atomic mass is 9.85. The van der Waals surface area contributed by atoms with Crippen LogP contribution < -0.4 is 5.84 Å². The molecule has 0 aromatic rings. The van der Waals surface area contributed by atoms with Gasteiger partial charge in [0.05, 0.1) is 12.5 Å². The van der Waals surface area contributed by atoms with Gasteiger partial charge in [-0.15, -0.1) is 0 Å². The highest BCUT2D eigenvalue weighted by Crippen LogP contribution is 2.23. The van der Waals surface area contributed by atoms with E-state index in [2.05, 4.69) is 0 Å². The first-order valence-corrected chi connectivity index (χ1v) is 5.57. The summed E-state index contributed by atoms with van der Waals surface area (Å²) < 4.78 is 0. The van der Waals surface area contributed by atoms with Gasteiger partial charge in [-0.1, -0.05) is 27.2 Å². The minimum atomic E-state index is -0.933. The van der Waals surface area contributed by atoms with Crippen LogP contribution in [0, 0.1) is 11.8 Å². The Hall–Kier alpha value is -1.10. The standard InChI is InChI=1S/C11H22N2O3/c1-5-7(2)8(3)10(6-11(15)16)13(12)9(4)14/h7-8,10H,5-6,12H2,1-4H3,(H,15,16). The van der Waals surface area contributed by atoms with Crippen molar-refractivity contribution < 1.29 is 14.7 Å². The fraction of sp³-hybridized carbons (Fsp3) is 0.818. The maximum absolute atomic E-state index is 11.2. The van der Waals surface area contributed by atoms with Crippen molar-refractivity contribution in [2.75, 3.05) is 0 Å². The molecule has 0 spiro atoms. The molecule has 0 heterocycles. The van der Waals surface area contributed by atoms with E-state index in [-0.39, 0.29) is 18.2 Å². The zero-order chi connectivity index (χ0) is 12.9. The number of carbonyl (C=O) groups is 2. The summed E-state index contributed by atoms with van der Waals surface area (Å²) >= 11 is 0. The van der Waals surface area contributed by atoms with Crippen LogP contribution in [0.15, 0.2) is 0 Å². The maximum atomic E-state index is 11.2. The molecule has 0 bridgehead atoms. The van der Waals surface area contributed by atoms with E-state index >= 15 is 0 Å². The van der Waals surface area contributed by atoms with Crippen LogP contribution in [0.25, 0.3) is 0 Å². The highest BCUT2D eigenvalue weighted by Gasteiger charge is 2.29. The number of nitrogens with two attached hydrogens (primary N) is 1. The van der Waals surface area contributed by atoms with Gasteiger partial charge in [-0.2, -0.15) is 0 Å². The molecule has 0 rings (SSSR count). The van der Waals surface area contributed by atoms with Crippen molar-refractivity contribution in [2.24, 2.45) is 17.7 Å². The largest absolute Gasteiger partial charge is 0.481 e. The summed E-state index contributed by atoms with van der Waals surface area (Å²) in [6.07, 6.45) is 0.824. The second-order valence-electron chi connectivity index (χ2n) is 4.34. The summed E-state index contributed by atoms with van der Waals surface area (Å²) in [5.74, 6) is 4.78. The van der Waals surface area contributed by atoms with E-state index in [0.717, 1.165) is 11.4 Å². The SMILES string of the molecule is CCC(C)C(C)C(CC(=O)O)N(N)C(C)=O. The molecule has 0 saturated heterocycles. The zero-order valence-corrected chi connectivity index (χ0v) is 10.4. The number of rotatable bonds is 6. The molecule has 94 valence electrons. The summed E-state index contributed by atoms with van der Waals surface area (Å²) in [5, 5.41) is 9.87. The molecule has 0 aromatic heterocycles. The molecule has 5 heteroatoms. The molecule has 0 aliphatic heterocycles. The Bertz CT molecular complexity index is 256. The van der Waals surface area contributed by atoms with E-state index in [1.807, 2.05) is 20.8 Å². The van der Waals surface area contributed by atoms with E-state index in [0.29, 0.717) is 5.92 Å². The molecule has 0 aromatic carbocycles. The number of hydrogen-bond acceptors (Lipinski definition) is 3. The number of carbonyl (C=O) groups excluding carboxylic acids is 1. The number of aliphatic carboxylic acids is 1. The van der Waals surface area contributed by atoms with Gasteiger partial charge >= 0.3 is 5.97 Å². The van der Waals surface area contributed by atoms with Gasteiger partial charge in [0.15, 0.2) is 0 Å². The number of hydrogen-bond donors (Lipinski definition) is 2. The molecule has 3 atom stereocenters. The van der Waals surface area contributed by atoms with Crippen molar-refractivity contribution in [2.45, 2.75) is 46.6 Å². The van der Waals surface area contributed by atoms with Crippen molar-refractivity contribution in [1.82, 2.24) is 5.01 Å². The fourth-order valence-electron chi connectivity index (χ4n) is 1.70. The second-order valence-corrected chi connectivity index (χ2v) is 4.34. The monoisotopic (exact) mass is 230 g/mol. The highest BCUT2D eigenvalue weighted by molar-refractivity contribution is 5.74. The topological polar surface area (TPSA) is 83.6 Å². The summed E-state index contributed by atoms with van der Waals surface area (Å²) in [4.78, 5) is 21.9. The molecule has 1 amide bonds. The van der Waals surface area contributed by atoms with Crippen molar-refractivity contribution >= 4 is 11.9 Å². The lowest BCUT2D eigenvalue weighted by molar-refractivity contribution is -0.142. The maximum Gasteiger partial charge on any atom is 0.305 e. The third kappa shape index (κ3) is 4.18. The minimum Gasteiger partial charge on any atom is -0.481 e. The van der Waals surface area contributed by atoms with Crippen LogP contribution in [-0.2, 0) is 9.59 Å². The Kier molecular flexibility index (Phi) is 6.03. The third-order valence-electron chi connectivity index (χ3n) is 3.25. The Morgan fingerprint density at radius 1 is 1.38 bits per heavy atom. The fourth-order valence-corrected chi connectivity index (χ4v) is 1.70. The number of nitrogens with zero attached hydrogens (tertiary/aromatic N) is 1. The lowest BCUT2D eigenvalue weighted by Crippen LogP contribution is -2.49. The second kappa shape index (κ2) is 6.48. The van der Waals surface area contributed by atoms with Crippen molar-refractivity contribution in [3.63, 3.8) is 0 Å². The first-order chi connectivity index (χ1) is 7.31. The average Bonchev–Trinajstić information content (AvgIpc) is 2.22. The highest BCUT2D eigenvalue weighted by atomic mass is 16.4. The van der Waals surface area contributed by atoms with Crippen molar-refractivity contribution in [3.05, 3.63) is 0 Å². The number of carboxylic acid groups (broad SMARTS) is 1. The van der Waals surface area contributed by atoms with E-state index in [1.54, 1.807) is 0 Å². The van der Waals surface area contributed by atoms with Crippen LogP contribution in [0.1, 0.15) is 40.5 Å². The van der Waals surface area contributed by atoms with Crippen LogP contribution in [0.5, 0.6) is 0 Å². The van der Waals surface area contributed by atoms with Gasteiger partial charge in [0.1, 0.15) is 0 Å². The molecule has 0 radical (unpaired) electrons. The Labute approximate surface area is 96.6 Å². The van der Waals surface area contributed by atoms with Gasteiger partial charge < -0.3 is 5.11 Å². The van der Waals surface area contributed by atoms with Gasteiger partial charge in [-0.25, -0.2) is 5.84 Å². The quantitative estimate of drug-likeness (QED) is 0.408. The first-order valence-electron chi connectivity index (χ1n) is 5.57. The first kappa shape index (κ1) is 14.9. The van der Waals surface area contributed by atoms with Crippen molar-refractivity contribution in [1.29, 1.82) is 0 Å². The molecule has 0 saturated carbocycles. The number of amides is 1. The van der Waals surface area contributed by atoms with Gasteiger partial charge in [0.25, 0.3) is 0 Å². The van der Waals surface area contributed by atoms with Gasteiger partial charge in [0, 0.05) is 6.92 Å². The van der Waals surface area contributed by atoms with Crippen LogP contribution in [0.2, 0.25) is 0 Å². The Balaban J connectivity index is 4.78. The zero-order valence-electron chi connectivity index (χ0n) is 10.4. The van der Waals surface area contributed by atoms with E-state index in [4.69, 9.17) is 10.9 Å². The van der Waals surface area contributed by atoms with Crippen LogP contribution in [0.3, 0.4) is 0 Å². The normalized spacial score (nSPS) is 16.3. The molecule has 0 fully saturated rings. The van der Waals surface area contributed by atoms with Crippen LogP contribution in [0.4, 0.5) is 0 Å². The molecular weight excluding hydrogens is 208 g/mol. The molecule has 16 heavy (non-hydrogen) atoms. The van der Waals surface area contributed by atoms with Gasteiger partial charge in [-0.3, -0.25) is 14.6 Å². The van der Waals surface area contributed by atoms with Crippen molar-refractivity contribution in [3.8, 4) is 0 Å². The molecule has 3 unspecified atom stereocenters. The predicted molar refractivity (Wildman–Crippen MR) is 61.4 cm³/mol. The smallest absolute Gasteiger partial charge is 0.305 e. The summed E-state index contributed by atoms with van der Waals surface area (Å²) in [6.45, 7) is 7.35. The lowest BCUT2D eigenvalue weighted by Gasteiger charge is -2.33. The Morgan fingerprint density at radius 2 is 1.88 bits per heavy atom. The third-order valence-corrected chi connectivity index (χ3v) is 3.25. The average molecular weight is 230 g/mol. The predicted octanol–water partition coefficient (Wildman–Crippen LogP) is 1.23. The minimum absolute atomic E-state index is 0.0648. The molecule has 0 aliphatic carbocycles. The van der Waals surface area contributed by atoms with Crippen LogP contribution in [-0.4, -0.2) is 28.0 Å². The molecular formula is C11H22N2O3. The van der Waals surface area contributed by atoms with Gasteiger partial charge in [0.2, 0.25) is 5.91 Å². The van der Waals surface area contributed by atoms with E-state index in [9.17, 15) is 9.59 Å². The van der Waals surface area contributed by atoms with E-state index < -0.39 is 12.0 Å². The summed E-state index contributed by atoms with van der Waals surface area (Å²) in [5.41, 5.74) is 0. The Morgan fingerprint density at radius 3 is 2.19 bits per heavy atom. The summed E-state index contributed by atoms with van der Waals surface area (Å²) in [7, 11) is 0. The number of carboxylic acids is 1.